The van der Waals surface area contributed by atoms with Crippen LogP contribution in [0.5, 0.6) is 0 Å². The Bertz CT molecular complexity index is 730. The van der Waals surface area contributed by atoms with E-state index in [1.54, 1.807) is 6.92 Å². The number of sulfonamides is 1. The monoisotopic (exact) mass is 384 g/mol. The van der Waals surface area contributed by atoms with Crippen molar-refractivity contribution in [3.8, 4) is 0 Å². The summed E-state index contributed by atoms with van der Waals surface area (Å²) in [5, 5.41) is 4.06. The van der Waals surface area contributed by atoms with Crippen molar-refractivity contribution in [1.82, 2.24) is 5.16 Å². The summed E-state index contributed by atoms with van der Waals surface area (Å²) in [5.74, 6) is 0.00331. The number of hydrogen-bond donors (Lipinski definition) is 1. The number of hydrogen-bond acceptors (Lipinski definition) is 4. The predicted molar refractivity (Wildman–Crippen MR) is 76.2 cm³/mol. The summed E-state index contributed by atoms with van der Waals surface area (Å²) in [4.78, 5) is -0.0251. The number of aromatic nitrogens is 1. The molecule has 0 radical (unpaired) electrons. The highest BCUT2D eigenvalue weighted by Crippen LogP contribution is 2.29. The van der Waals surface area contributed by atoms with Gasteiger partial charge in [0.15, 0.2) is 0 Å². The molecule has 0 fully saturated rings. The third-order valence-electron chi connectivity index (χ3n) is 2.22. The van der Waals surface area contributed by atoms with Crippen molar-refractivity contribution in [2.24, 2.45) is 0 Å². The van der Waals surface area contributed by atoms with Crippen molar-refractivity contribution in [3.05, 3.63) is 38.4 Å². The first-order valence-electron chi connectivity index (χ1n) is 4.91. The molecule has 1 N–H and O–H groups in total. The van der Waals surface area contributed by atoms with Gasteiger partial charge in [-0.25, -0.2) is 13.1 Å². The van der Waals surface area contributed by atoms with Crippen molar-refractivity contribution in [2.45, 2.75) is 11.8 Å². The van der Waals surface area contributed by atoms with Gasteiger partial charge in [0.25, 0.3) is 15.9 Å². The third-order valence-corrected chi connectivity index (χ3v) is 5.22. The Morgan fingerprint density at radius 3 is 2.53 bits per heavy atom. The van der Waals surface area contributed by atoms with E-state index in [1.165, 1.54) is 18.2 Å². The zero-order chi connectivity index (χ0) is 14.2. The number of benzene rings is 1. The fraction of sp³-hybridized carbons (Fsp3) is 0.100. The van der Waals surface area contributed by atoms with Gasteiger partial charge >= 0.3 is 0 Å². The molecule has 2 aromatic rings. The topological polar surface area (TPSA) is 72.2 Å². The maximum Gasteiger partial charge on any atom is 0.264 e. The molecule has 0 saturated carbocycles. The Morgan fingerprint density at radius 1 is 1.32 bits per heavy atom. The summed E-state index contributed by atoms with van der Waals surface area (Å²) < 4.78 is 31.8. The number of nitrogens with one attached hydrogen (secondary N) is 1. The Morgan fingerprint density at radius 2 is 2.00 bits per heavy atom. The van der Waals surface area contributed by atoms with Crippen molar-refractivity contribution in [2.75, 3.05) is 4.72 Å². The second-order valence-corrected chi connectivity index (χ2v) is 6.88. The van der Waals surface area contributed by atoms with Crippen LogP contribution in [-0.4, -0.2) is 13.6 Å². The second-order valence-electron chi connectivity index (χ2n) is 3.59. The van der Waals surface area contributed by atoms with Gasteiger partial charge in [0, 0.05) is 0 Å². The van der Waals surface area contributed by atoms with Gasteiger partial charge in [-0.05, 0) is 41.1 Å². The lowest BCUT2D eigenvalue weighted by molar-refractivity contribution is 0.430. The van der Waals surface area contributed by atoms with Crippen molar-refractivity contribution in [3.63, 3.8) is 0 Å². The third kappa shape index (κ3) is 3.05. The van der Waals surface area contributed by atoms with E-state index in [4.69, 9.17) is 27.7 Å². The maximum atomic E-state index is 12.1. The zero-order valence-electron chi connectivity index (χ0n) is 9.45. The number of aryl methyl sites for hydroxylation is 1. The van der Waals surface area contributed by atoms with E-state index >= 15 is 0 Å². The molecular weight excluding hydrogens is 379 g/mol. The molecule has 102 valence electrons. The molecular formula is C10H7BrCl2N2O3S. The lowest BCUT2D eigenvalue weighted by Gasteiger charge is -2.06. The highest BCUT2D eigenvalue weighted by atomic mass is 79.9. The van der Waals surface area contributed by atoms with E-state index in [0.717, 1.165) is 0 Å². The number of anilines is 1. The second kappa shape index (κ2) is 5.32. The molecule has 5 nitrogen and oxygen atoms in total. The average Bonchev–Trinajstić information content (AvgIpc) is 2.64. The summed E-state index contributed by atoms with van der Waals surface area (Å²) in [6.45, 7) is 1.67. The van der Waals surface area contributed by atoms with Gasteiger partial charge in [0.2, 0.25) is 0 Å². The van der Waals surface area contributed by atoms with Gasteiger partial charge in [-0.2, -0.15) is 0 Å². The average molecular weight is 386 g/mol. The summed E-state index contributed by atoms with van der Waals surface area (Å²) in [5.41, 5.74) is 0.534. The molecule has 0 aliphatic rings. The lowest BCUT2D eigenvalue weighted by Crippen LogP contribution is -2.12. The molecule has 1 aromatic heterocycles. The van der Waals surface area contributed by atoms with Crippen LogP contribution < -0.4 is 4.72 Å². The molecule has 1 heterocycles. The first-order valence-corrected chi connectivity index (χ1v) is 7.94. The normalized spacial score (nSPS) is 11.6. The fourth-order valence-electron chi connectivity index (χ4n) is 1.25. The molecule has 0 atom stereocenters. The van der Waals surface area contributed by atoms with E-state index in [9.17, 15) is 8.42 Å². The van der Waals surface area contributed by atoms with E-state index in [1.807, 2.05) is 0 Å². The van der Waals surface area contributed by atoms with E-state index in [-0.39, 0.29) is 20.8 Å². The summed E-state index contributed by atoms with van der Waals surface area (Å²) in [6, 6.07) is 4.00. The largest absolute Gasteiger partial charge is 0.336 e. The van der Waals surface area contributed by atoms with Gasteiger partial charge in [0.1, 0.15) is 4.47 Å². The summed E-state index contributed by atoms with van der Waals surface area (Å²) in [6.07, 6.45) is 0. The molecule has 0 spiro atoms. The minimum absolute atomic E-state index is 0.00331. The van der Waals surface area contributed by atoms with Gasteiger partial charge in [0.05, 0.1) is 20.6 Å². The molecule has 2 rings (SSSR count). The van der Waals surface area contributed by atoms with Gasteiger partial charge in [-0.1, -0.05) is 28.4 Å². The molecule has 0 bridgehead atoms. The van der Waals surface area contributed by atoms with Crippen LogP contribution in [0.15, 0.2) is 32.1 Å². The standard InChI is InChI=1S/C10H7BrCl2N2O3S/c1-5-9(11)10(18-14-5)15-19(16,17)6-2-3-7(12)8(13)4-6/h2-4,15H,1H3. The van der Waals surface area contributed by atoms with Crippen molar-refractivity contribution < 1.29 is 12.9 Å². The SMILES string of the molecule is Cc1noc(NS(=O)(=O)c2ccc(Cl)c(Cl)c2)c1Br. The Balaban J connectivity index is 2.37. The summed E-state index contributed by atoms with van der Waals surface area (Å²) in [7, 11) is -3.82. The maximum absolute atomic E-state index is 12.1. The predicted octanol–water partition coefficient (Wildman–Crippen LogP) is 3.85. The fourth-order valence-corrected chi connectivity index (χ4v) is 3.01. The van der Waals surface area contributed by atoms with Crippen LogP contribution in [0.3, 0.4) is 0 Å². The van der Waals surface area contributed by atoms with Crippen LogP contribution in [0.1, 0.15) is 5.69 Å². The number of nitrogens with zero attached hydrogens (tertiary/aromatic N) is 1. The molecule has 0 amide bonds. The van der Waals surface area contributed by atoms with Crippen LogP contribution in [0.4, 0.5) is 5.88 Å². The number of rotatable bonds is 3. The quantitative estimate of drug-likeness (QED) is 0.870. The Kier molecular flexibility index (Phi) is 4.10. The van der Waals surface area contributed by atoms with Crippen molar-refractivity contribution >= 4 is 55.0 Å². The molecule has 0 aliphatic heterocycles. The van der Waals surface area contributed by atoms with E-state index in [2.05, 4.69) is 25.8 Å². The number of halogens is 3. The van der Waals surface area contributed by atoms with Crippen LogP contribution in [0.25, 0.3) is 0 Å². The molecule has 19 heavy (non-hydrogen) atoms. The minimum atomic E-state index is -3.82. The highest BCUT2D eigenvalue weighted by molar-refractivity contribution is 9.10. The minimum Gasteiger partial charge on any atom is -0.336 e. The Labute approximate surface area is 128 Å². The molecule has 1 aromatic carbocycles. The Hall–Kier alpha value is -0.760. The van der Waals surface area contributed by atoms with Gasteiger partial charge in [-0.15, -0.1) is 0 Å². The smallest absolute Gasteiger partial charge is 0.264 e. The lowest BCUT2D eigenvalue weighted by atomic mass is 10.4. The van der Waals surface area contributed by atoms with E-state index in [0.29, 0.717) is 10.2 Å². The molecule has 0 unspecified atom stereocenters. The van der Waals surface area contributed by atoms with Crippen LogP contribution in [0, 0.1) is 6.92 Å². The van der Waals surface area contributed by atoms with Gasteiger partial charge in [-0.3, -0.25) is 0 Å². The van der Waals surface area contributed by atoms with E-state index < -0.39 is 10.0 Å². The van der Waals surface area contributed by atoms with Crippen LogP contribution in [-0.2, 0) is 10.0 Å². The highest BCUT2D eigenvalue weighted by Gasteiger charge is 2.20. The van der Waals surface area contributed by atoms with Crippen LogP contribution in [0.2, 0.25) is 10.0 Å². The first kappa shape index (κ1) is 14.6. The van der Waals surface area contributed by atoms with Gasteiger partial charge < -0.3 is 4.52 Å². The van der Waals surface area contributed by atoms with Crippen LogP contribution >= 0.6 is 39.1 Å². The summed E-state index contributed by atoms with van der Waals surface area (Å²) >= 11 is 14.7. The van der Waals surface area contributed by atoms with Crippen molar-refractivity contribution in [1.29, 1.82) is 0 Å². The first-order chi connectivity index (χ1) is 8.81. The molecule has 0 aliphatic carbocycles. The molecule has 9 heteroatoms. The zero-order valence-corrected chi connectivity index (χ0v) is 13.4. The molecule has 0 saturated heterocycles.